The molecule has 1 aromatic rings. The molecule has 11 heteroatoms. The Bertz CT molecular complexity index is 579. The highest BCUT2D eigenvalue weighted by molar-refractivity contribution is 5.73. The van der Waals surface area contributed by atoms with E-state index in [-0.39, 0.29) is 18.4 Å². The summed E-state index contributed by atoms with van der Waals surface area (Å²) in [6, 6.07) is 2.12. The van der Waals surface area contributed by atoms with Crippen LogP contribution in [0.2, 0.25) is 0 Å². The fourth-order valence-corrected chi connectivity index (χ4v) is 1.28. The fraction of sp³-hybridized carbons (Fsp3) is 0.385. The Kier molecular flexibility index (Phi) is 7.68. The molecule has 0 radical (unpaired) electrons. The van der Waals surface area contributed by atoms with Gasteiger partial charge in [-0.25, -0.2) is 9.18 Å². The molecule has 1 N–H and O–H groups in total. The number of aliphatic carboxylic acids is 1. The molecular weight excluding hydrogens is 353 g/mol. The van der Waals surface area contributed by atoms with Gasteiger partial charge in [0.15, 0.2) is 0 Å². The number of carbonyl (C=O) groups is 2. The van der Waals surface area contributed by atoms with Crippen LogP contribution in [0.15, 0.2) is 18.2 Å². The van der Waals surface area contributed by atoms with Gasteiger partial charge in [0.05, 0.1) is 12.7 Å². The van der Waals surface area contributed by atoms with E-state index in [1.807, 2.05) is 0 Å². The lowest BCUT2D eigenvalue weighted by atomic mass is 10.1. The molecule has 0 amide bonds. The monoisotopic (exact) mass is 364 g/mol. The number of methoxy groups -OCH3 is 1. The summed E-state index contributed by atoms with van der Waals surface area (Å²) >= 11 is 0. The van der Waals surface area contributed by atoms with Crippen LogP contribution in [-0.4, -0.2) is 30.3 Å². The zero-order chi connectivity index (χ0) is 19.1. The first-order chi connectivity index (χ1) is 10.8. The number of hydrogen-bond acceptors (Lipinski definition) is 3. The van der Waals surface area contributed by atoms with Gasteiger partial charge in [0.25, 0.3) is 0 Å². The molecule has 4 nitrogen and oxygen atoms in total. The summed E-state index contributed by atoms with van der Waals surface area (Å²) in [7, 11) is 1.16. The van der Waals surface area contributed by atoms with Crippen LogP contribution in [0.5, 0.6) is 0 Å². The largest absolute Gasteiger partial charge is 0.490 e. The van der Waals surface area contributed by atoms with Gasteiger partial charge in [-0.1, -0.05) is 0 Å². The third kappa shape index (κ3) is 7.79. The van der Waals surface area contributed by atoms with Crippen LogP contribution < -0.4 is 0 Å². The van der Waals surface area contributed by atoms with Gasteiger partial charge in [0.1, 0.15) is 5.82 Å². The van der Waals surface area contributed by atoms with E-state index in [9.17, 15) is 35.5 Å². The first-order valence-corrected chi connectivity index (χ1v) is 6.01. The third-order valence-corrected chi connectivity index (χ3v) is 2.44. The second-order valence-electron chi connectivity index (χ2n) is 4.18. The van der Waals surface area contributed by atoms with Crippen LogP contribution in [0.3, 0.4) is 0 Å². The molecule has 0 bridgehead atoms. The van der Waals surface area contributed by atoms with E-state index in [0.29, 0.717) is 12.1 Å². The van der Waals surface area contributed by atoms with E-state index in [1.165, 1.54) is 0 Å². The van der Waals surface area contributed by atoms with Crippen molar-refractivity contribution in [3.63, 3.8) is 0 Å². The van der Waals surface area contributed by atoms with Gasteiger partial charge in [-0.05, 0) is 30.2 Å². The van der Waals surface area contributed by atoms with Crippen LogP contribution in [0.1, 0.15) is 17.5 Å². The minimum Gasteiger partial charge on any atom is -0.475 e. The molecule has 24 heavy (non-hydrogen) atoms. The predicted octanol–water partition coefficient (Wildman–Crippen LogP) is 3.58. The first-order valence-electron chi connectivity index (χ1n) is 6.01. The van der Waals surface area contributed by atoms with E-state index in [0.717, 1.165) is 13.2 Å². The van der Waals surface area contributed by atoms with Gasteiger partial charge < -0.3 is 9.84 Å². The molecule has 0 atom stereocenters. The Morgan fingerprint density at radius 1 is 1.12 bits per heavy atom. The van der Waals surface area contributed by atoms with Crippen molar-refractivity contribution in [2.24, 2.45) is 0 Å². The van der Waals surface area contributed by atoms with Crippen molar-refractivity contribution in [1.82, 2.24) is 0 Å². The number of rotatable bonds is 3. The summed E-state index contributed by atoms with van der Waals surface area (Å²) in [4.78, 5) is 19.7. The van der Waals surface area contributed by atoms with E-state index < -0.39 is 35.7 Å². The normalized spacial score (nSPS) is 11.3. The summed E-state index contributed by atoms with van der Waals surface area (Å²) in [6.45, 7) is 0. The lowest BCUT2D eigenvalue weighted by Gasteiger charge is -2.09. The van der Waals surface area contributed by atoms with E-state index in [1.54, 1.807) is 0 Å². The molecule has 1 aromatic carbocycles. The first kappa shape index (κ1) is 21.7. The maximum atomic E-state index is 13.2. The summed E-state index contributed by atoms with van der Waals surface area (Å²) in [5, 5.41) is 7.12. The van der Waals surface area contributed by atoms with Gasteiger partial charge in [-0.2, -0.15) is 26.3 Å². The maximum absolute atomic E-state index is 13.2. The highest BCUT2D eigenvalue weighted by atomic mass is 19.4. The summed E-state index contributed by atoms with van der Waals surface area (Å²) < 4.78 is 86.3. The third-order valence-electron chi connectivity index (χ3n) is 2.44. The number of carboxylic acid groups (broad SMARTS) is 1. The Morgan fingerprint density at radius 3 is 2.00 bits per heavy atom. The average Bonchev–Trinajstić information content (AvgIpc) is 2.44. The van der Waals surface area contributed by atoms with Crippen molar-refractivity contribution in [3.8, 4) is 0 Å². The van der Waals surface area contributed by atoms with Crippen molar-refractivity contribution >= 4 is 11.9 Å². The number of carboxylic acids is 1. The number of aryl methyl sites for hydroxylation is 1. The minimum absolute atomic E-state index is 0.123. The minimum atomic E-state index is -5.08. The van der Waals surface area contributed by atoms with Crippen molar-refractivity contribution in [2.45, 2.75) is 25.2 Å². The maximum Gasteiger partial charge on any atom is 0.490 e. The molecular formula is C13H11F7O4. The summed E-state index contributed by atoms with van der Waals surface area (Å²) in [6.07, 6.45) is -9.88. The molecule has 0 heterocycles. The standard InChI is InChI=1S/C11H10F4O2.C2HF3O2/c1-17-10(16)5-2-7-6-8(11(13,14)15)3-4-9(7)12;3-2(4,5)1(6)7/h3-4,6H,2,5H2,1H3;(H,6,7). The smallest absolute Gasteiger partial charge is 0.475 e. The Hall–Kier alpha value is -2.33. The van der Waals surface area contributed by atoms with Crippen molar-refractivity contribution in [1.29, 1.82) is 0 Å². The van der Waals surface area contributed by atoms with E-state index in [4.69, 9.17) is 9.90 Å². The molecule has 0 saturated heterocycles. The van der Waals surface area contributed by atoms with Crippen LogP contribution >= 0.6 is 0 Å². The molecule has 1 rings (SSSR count). The Morgan fingerprint density at radius 2 is 1.62 bits per heavy atom. The second-order valence-corrected chi connectivity index (χ2v) is 4.18. The van der Waals surface area contributed by atoms with Crippen molar-refractivity contribution in [3.05, 3.63) is 35.1 Å². The topological polar surface area (TPSA) is 63.6 Å². The lowest BCUT2D eigenvalue weighted by Crippen LogP contribution is -2.21. The van der Waals surface area contributed by atoms with E-state index in [2.05, 4.69) is 4.74 Å². The zero-order valence-corrected chi connectivity index (χ0v) is 12.0. The zero-order valence-electron chi connectivity index (χ0n) is 12.0. The van der Waals surface area contributed by atoms with E-state index >= 15 is 0 Å². The molecule has 0 aliphatic rings. The molecule has 136 valence electrons. The van der Waals surface area contributed by atoms with Gasteiger partial charge >= 0.3 is 24.3 Å². The SMILES string of the molecule is COC(=O)CCc1cc(C(F)(F)F)ccc1F.O=C(O)C(F)(F)F. The Balaban J connectivity index is 0.000000640. The number of benzene rings is 1. The number of alkyl halides is 6. The Labute approximate surface area is 130 Å². The van der Waals surface area contributed by atoms with Crippen LogP contribution in [0.4, 0.5) is 30.7 Å². The molecule has 0 unspecified atom stereocenters. The van der Waals surface area contributed by atoms with Gasteiger partial charge in [-0.15, -0.1) is 0 Å². The quantitative estimate of drug-likeness (QED) is 0.658. The second kappa shape index (κ2) is 8.50. The van der Waals surface area contributed by atoms with Crippen LogP contribution in [0.25, 0.3) is 0 Å². The van der Waals surface area contributed by atoms with Gasteiger partial charge in [-0.3, -0.25) is 4.79 Å². The highest BCUT2D eigenvalue weighted by Gasteiger charge is 2.38. The number of ether oxygens (including phenoxy) is 1. The molecule has 0 spiro atoms. The van der Waals surface area contributed by atoms with Crippen LogP contribution in [0, 0.1) is 5.82 Å². The fourth-order valence-electron chi connectivity index (χ4n) is 1.28. The number of carbonyl (C=O) groups excluding carboxylic acids is 1. The van der Waals surface area contributed by atoms with Crippen molar-refractivity contribution < 1.29 is 50.2 Å². The number of hydrogen-bond donors (Lipinski definition) is 1. The highest BCUT2D eigenvalue weighted by Crippen LogP contribution is 2.30. The average molecular weight is 364 g/mol. The molecule has 0 saturated carbocycles. The van der Waals surface area contributed by atoms with Gasteiger partial charge in [0, 0.05) is 6.42 Å². The molecule has 0 aliphatic carbocycles. The lowest BCUT2D eigenvalue weighted by molar-refractivity contribution is -0.192. The van der Waals surface area contributed by atoms with Crippen molar-refractivity contribution in [2.75, 3.05) is 7.11 Å². The summed E-state index contributed by atoms with van der Waals surface area (Å²) in [5.74, 6) is -4.11. The molecule has 0 fully saturated rings. The molecule has 0 aromatic heterocycles. The van der Waals surface area contributed by atoms with Crippen LogP contribution in [-0.2, 0) is 26.9 Å². The summed E-state index contributed by atoms with van der Waals surface area (Å²) in [5.41, 5.74) is -1.08. The van der Waals surface area contributed by atoms with Gasteiger partial charge in [0.2, 0.25) is 0 Å². The number of esters is 1. The molecule has 0 aliphatic heterocycles. The predicted molar refractivity (Wildman–Crippen MR) is 65.4 cm³/mol. The number of halogens is 7.